The number of amides is 2. The van der Waals surface area contributed by atoms with Crippen LogP contribution in [0.15, 0.2) is 71.6 Å². The number of anilines is 1. The summed E-state index contributed by atoms with van der Waals surface area (Å²) in [7, 11) is -4.19. The maximum atomic E-state index is 14.2. The van der Waals surface area contributed by atoms with Crippen molar-refractivity contribution in [2.45, 2.75) is 51.6 Å². The van der Waals surface area contributed by atoms with Crippen molar-refractivity contribution in [2.24, 2.45) is 5.92 Å². The van der Waals surface area contributed by atoms with Crippen molar-refractivity contribution in [3.8, 4) is 0 Å². The van der Waals surface area contributed by atoms with Crippen LogP contribution in [0.5, 0.6) is 0 Å². The van der Waals surface area contributed by atoms with E-state index in [1.54, 1.807) is 68.4 Å². The summed E-state index contributed by atoms with van der Waals surface area (Å²) in [5.74, 6) is -0.753. The number of benzene rings is 3. The van der Waals surface area contributed by atoms with E-state index >= 15 is 0 Å². The lowest BCUT2D eigenvalue weighted by molar-refractivity contribution is -0.140. The van der Waals surface area contributed by atoms with E-state index in [1.165, 1.54) is 17.0 Å². The molecule has 0 spiro atoms. The number of hydrogen-bond donors (Lipinski definition) is 1. The van der Waals surface area contributed by atoms with Crippen molar-refractivity contribution in [2.75, 3.05) is 17.4 Å². The number of halogens is 3. The van der Waals surface area contributed by atoms with Gasteiger partial charge in [0, 0.05) is 33.7 Å². The number of aryl methyl sites for hydroxylation is 1. The third kappa shape index (κ3) is 8.16. The number of nitrogens with one attached hydrogen (secondary N) is 1. The first-order valence-corrected chi connectivity index (χ1v) is 15.8. The second-order valence-electron chi connectivity index (χ2n) is 10.0. The van der Waals surface area contributed by atoms with Gasteiger partial charge in [-0.25, -0.2) is 8.42 Å². The summed E-state index contributed by atoms with van der Waals surface area (Å²) in [5, 5.41) is 3.98. The lowest BCUT2D eigenvalue weighted by Crippen LogP contribution is -2.52. The Balaban J connectivity index is 2.11. The van der Waals surface area contributed by atoms with Gasteiger partial charge in [0.2, 0.25) is 11.8 Å². The molecule has 0 saturated heterocycles. The van der Waals surface area contributed by atoms with Crippen LogP contribution in [0.1, 0.15) is 38.3 Å². The summed E-state index contributed by atoms with van der Waals surface area (Å²) < 4.78 is 28.9. The van der Waals surface area contributed by atoms with Crippen LogP contribution in [0.4, 0.5) is 5.69 Å². The zero-order valence-electron chi connectivity index (χ0n) is 23.4. The predicted molar refractivity (Wildman–Crippen MR) is 166 cm³/mol. The van der Waals surface area contributed by atoms with E-state index in [2.05, 4.69) is 5.32 Å². The summed E-state index contributed by atoms with van der Waals surface area (Å²) in [6.07, 6.45) is 0.281. The molecule has 2 amide bonds. The van der Waals surface area contributed by atoms with Gasteiger partial charge in [0.05, 0.1) is 10.6 Å². The van der Waals surface area contributed by atoms with Crippen molar-refractivity contribution in [1.82, 2.24) is 10.2 Å². The van der Waals surface area contributed by atoms with Gasteiger partial charge in [-0.2, -0.15) is 0 Å². The highest BCUT2D eigenvalue weighted by Crippen LogP contribution is 2.31. The van der Waals surface area contributed by atoms with Crippen molar-refractivity contribution in [3.63, 3.8) is 0 Å². The largest absolute Gasteiger partial charge is 0.354 e. The predicted octanol–water partition coefficient (Wildman–Crippen LogP) is 6.73. The average Bonchev–Trinajstić information content (AvgIpc) is 2.92. The molecule has 220 valence electrons. The first-order chi connectivity index (χ1) is 19.4. The molecule has 0 aliphatic carbocycles. The van der Waals surface area contributed by atoms with E-state index in [9.17, 15) is 18.0 Å². The van der Waals surface area contributed by atoms with E-state index in [1.807, 2.05) is 13.8 Å². The van der Waals surface area contributed by atoms with Crippen molar-refractivity contribution >= 4 is 62.3 Å². The standard InChI is InChI=1S/C30H34Cl3N3O4S/c1-5-27(30(38)34-17-20(2)3)35(18-24-25(32)12-9-13-26(24)33)29(37)19-36(28-15-14-22(31)16-21(28)4)41(39,40)23-10-7-6-8-11-23/h6-16,20,27H,5,17-19H2,1-4H3,(H,34,38)/t27-/m0/s1. The molecular formula is C30H34Cl3N3O4S. The molecular weight excluding hydrogens is 605 g/mol. The van der Waals surface area contributed by atoms with Crippen LogP contribution in [-0.2, 0) is 26.2 Å². The Hall–Kier alpha value is -2.78. The second kappa shape index (κ2) is 14.4. The number of carbonyl (C=O) groups excluding carboxylic acids is 2. The topological polar surface area (TPSA) is 86.8 Å². The van der Waals surface area contributed by atoms with Crippen LogP contribution in [0.2, 0.25) is 15.1 Å². The van der Waals surface area contributed by atoms with Crippen LogP contribution < -0.4 is 9.62 Å². The molecule has 1 atom stereocenters. The third-order valence-corrected chi connectivity index (χ3v) is 9.22. The van der Waals surface area contributed by atoms with Gasteiger partial charge in [-0.05, 0) is 67.3 Å². The van der Waals surface area contributed by atoms with Crippen molar-refractivity contribution < 1.29 is 18.0 Å². The van der Waals surface area contributed by atoms with Gasteiger partial charge in [0.15, 0.2) is 0 Å². The molecule has 0 aromatic heterocycles. The zero-order valence-corrected chi connectivity index (χ0v) is 26.5. The van der Waals surface area contributed by atoms with Gasteiger partial charge in [0.1, 0.15) is 12.6 Å². The molecule has 3 aromatic rings. The Bertz CT molecular complexity index is 1460. The van der Waals surface area contributed by atoms with E-state index in [0.29, 0.717) is 38.4 Å². The molecule has 41 heavy (non-hydrogen) atoms. The molecule has 0 aliphatic rings. The average molecular weight is 639 g/mol. The molecule has 0 saturated carbocycles. The fraction of sp³-hybridized carbons (Fsp3) is 0.333. The van der Waals surface area contributed by atoms with E-state index in [0.717, 1.165) is 4.31 Å². The fourth-order valence-corrected chi connectivity index (χ4v) is 6.57. The number of rotatable bonds is 12. The second-order valence-corrected chi connectivity index (χ2v) is 13.2. The smallest absolute Gasteiger partial charge is 0.264 e. The Morgan fingerprint density at radius 1 is 0.927 bits per heavy atom. The number of sulfonamides is 1. The van der Waals surface area contributed by atoms with E-state index in [-0.39, 0.29) is 29.7 Å². The van der Waals surface area contributed by atoms with E-state index in [4.69, 9.17) is 34.8 Å². The summed E-state index contributed by atoms with van der Waals surface area (Å²) >= 11 is 19.1. The highest BCUT2D eigenvalue weighted by molar-refractivity contribution is 7.92. The molecule has 0 aliphatic heterocycles. The van der Waals surface area contributed by atoms with Crippen molar-refractivity contribution in [1.29, 1.82) is 0 Å². The minimum absolute atomic E-state index is 0.0181. The monoisotopic (exact) mass is 637 g/mol. The molecule has 0 bridgehead atoms. The molecule has 1 N–H and O–H groups in total. The van der Waals surface area contributed by atoms with Gasteiger partial charge in [0.25, 0.3) is 10.0 Å². The Morgan fingerprint density at radius 2 is 1.56 bits per heavy atom. The third-order valence-electron chi connectivity index (χ3n) is 6.50. The molecule has 11 heteroatoms. The van der Waals surface area contributed by atoms with Gasteiger partial charge in [-0.15, -0.1) is 0 Å². The fourth-order valence-electron chi connectivity index (χ4n) is 4.33. The number of nitrogens with zero attached hydrogens (tertiary/aromatic N) is 2. The number of carbonyl (C=O) groups is 2. The Labute approximate surface area is 257 Å². The normalized spacial score (nSPS) is 12.2. The Kier molecular flexibility index (Phi) is 11.5. The van der Waals surface area contributed by atoms with Gasteiger partial charge < -0.3 is 10.2 Å². The maximum absolute atomic E-state index is 14.2. The first-order valence-electron chi connectivity index (χ1n) is 13.2. The molecule has 0 fully saturated rings. The van der Waals surface area contributed by atoms with E-state index < -0.39 is 28.5 Å². The molecule has 3 rings (SSSR count). The minimum atomic E-state index is -4.19. The SMILES string of the molecule is CC[C@@H](C(=O)NCC(C)C)N(Cc1c(Cl)cccc1Cl)C(=O)CN(c1ccc(Cl)cc1C)S(=O)(=O)c1ccccc1. The van der Waals surface area contributed by atoms with Crippen LogP contribution >= 0.6 is 34.8 Å². The van der Waals surface area contributed by atoms with Crippen LogP contribution in [0, 0.1) is 12.8 Å². The lowest BCUT2D eigenvalue weighted by atomic mass is 10.1. The van der Waals surface area contributed by atoms with Gasteiger partial charge >= 0.3 is 0 Å². The summed E-state index contributed by atoms with van der Waals surface area (Å²) in [6.45, 7) is 7.19. The summed E-state index contributed by atoms with van der Waals surface area (Å²) in [6, 6.07) is 16.7. The Morgan fingerprint density at radius 3 is 2.12 bits per heavy atom. The zero-order chi connectivity index (χ0) is 30.3. The summed E-state index contributed by atoms with van der Waals surface area (Å²) in [5.41, 5.74) is 1.31. The van der Waals surface area contributed by atoms with Gasteiger partial charge in [-0.1, -0.05) is 79.8 Å². The van der Waals surface area contributed by atoms with Crippen molar-refractivity contribution in [3.05, 3.63) is 92.9 Å². The lowest BCUT2D eigenvalue weighted by Gasteiger charge is -2.34. The summed E-state index contributed by atoms with van der Waals surface area (Å²) in [4.78, 5) is 28.9. The molecule has 3 aromatic carbocycles. The maximum Gasteiger partial charge on any atom is 0.264 e. The number of hydrogen-bond acceptors (Lipinski definition) is 4. The van der Waals surface area contributed by atoms with Crippen LogP contribution in [-0.4, -0.2) is 44.3 Å². The molecule has 0 heterocycles. The molecule has 7 nitrogen and oxygen atoms in total. The highest BCUT2D eigenvalue weighted by Gasteiger charge is 2.34. The molecule has 0 unspecified atom stereocenters. The van der Waals surface area contributed by atoms with Gasteiger partial charge in [-0.3, -0.25) is 13.9 Å². The van der Waals surface area contributed by atoms with Crippen LogP contribution in [0.3, 0.4) is 0 Å². The van der Waals surface area contributed by atoms with Crippen LogP contribution in [0.25, 0.3) is 0 Å². The first kappa shape index (κ1) is 32.7. The molecule has 0 radical (unpaired) electrons. The highest BCUT2D eigenvalue weighted by atomic mass is 35.5. The minimum Gasteiger partial charge on any atom is -0.354 e. The quantitative estimate of drug-likeness (QED) is 0.238.